The van der Waals surface area contributed by atoms with Gasteiger partial charge in [-0.2, -0.15) is 5.10 Å². The Hall–Kier alpha value is -1.29. The standard InChI is InChI=1S/C13H12N4S.ClH.Pt/c14-13(18)17-16-12(10-6-2-1-3-7-10)11-8-4-5-9-15-11;;/h1-9H,(H3,14,17,18);1H;/q;;+1/p-1. The number of aromatic nitrogens is 1. The number of nitrogens with two attached hydrogens (primary N) is 1. The molecule has 20 heavy (non-hydrogen) atoms. The van der Waals surface area contributed by atoms with E-state index >= 15 is 0 Å². The van der Waals surface area contributed by atoms with E-state index in [0.29, 0.717) is 5.71 Å². The number of hydrogen-bond donors (Lipinski definition) is 2. The molecule has 0 radical (unpaired) electrons. The van der Waals surface area contributed by atoms with Crippen molar-refractivity contribution in [3.05, 3.63) is 66.0 Å². The minimum atomic E-state index is 0.124. The third-order valence-electron chi connectivity index (χ3n) is 2.23. The molecule has 0 aliphatic carbocycles. The summed E-state index contributed by atoms with van der Waals surface area (Å²) in [6.07, 6.45) is 1.72. The first-order valence-electron chi connectivity index (χ1n) is 5.49. The van der Waals surface area contributed by atoms with Gasteiger partial charge in [-0.25, -0.2) is 0 Å². The summed E-state index contributed by atoms with van der Waals surface area (Å²) >= 11 is 6.36. The van der Waals surface area contributed by atoms with Gasteiger partial charge in [0.05, 0.1) is 5.69 Å². The van der Waals surface area contributed by atoms with Gasteiger partial charge >= 0.3 is 28.2 Å². The molecule has 7 heteroatoms. The third kappa shape index (κ3) is 5.37. The van der Waals surface area contributed by atoms with Gasteiger partial charge < -0.3 is 5.73 Å². The maximum atomic E-state index is 5.39. The number of hydrazone groups is 1. The Morgan fingerprint density at radius 2 is 1.80 bits per heavy atom. The molecule has 0 aliphatic rings. The Morgan fingerprint density at radius 3 is 2.35 bits per heavy atom. The number of hydrogen-bond acceptors (Lipinski definition) is 3. The average molecular weight is 487 g/mol. The second-order valence-corrected chi connectivity index (χ2v) is 3.96. The van der Waals surface area contributed by atoms with Gasteiger partial charge in [0.25, 0.3) is 0 Å². The van der Waals surface area contributed by atoms with Gasteiger partial charge in [-0.1, -0.05) is 36.4 Å². The van der Waals surface area contributed by atoms with Crippen LogP contribution in [0.2, 0.25) is 0 Å². The van der Waals surface area contributed by atoms with Crippen LogP contribution in [0.1, 0.15) is 11.3 Å². The first kappa shape index (κ1) is 16.8. The Bertz CT molecular complexity index is 522. The van der Waals surface area contributed by atoms with Gasteiger partial charge in [0.1, 0.15) is 5.71 Å². The normalized spacial score (nSPS) is 10.2. The minimum absolute atomic E-state index is 0.124. The summed E-state index contributed by atoms with van der Waals surface area (Å²) in [7, 11) is 4.61. The van der Waals surface area contributed by atoms with Crippen LogP contribution in [0.4, 0.5) is 0 Å². The van der Waals surface area contributed by atoms with Crippen molar-refractivity contribution in [1.29, 1.82) is 0 Å². The predicted octanol–water partition coefficient (Wildman–Crippen LogP) is 2.35. The van der Waals surface area contributed by atoms with Crippen LogP contribution < -0.4 is 11.2 Å². The van der Waals surface area contributed by atoms with Crippen LogP contribution in [0, 0.1) is 0 Å². The Morgan fingerprint density at radius 1 is 1.15 bits per heavy atom. The fourth-order valence-corrected chi connectivity index (χ4v) is 1.53. The molecule has 0 unspecified atom stereocenters. The number of nitrogens with one attached hydrogen (secondary N) is 1. The molecule has 0 bridgehead atoms. The first-order chi connectivity index (χ1) is 9.77. The molecule has 0 saturated heterocycles. The zero-order chi connectivity index (χ0) is 14.8. The number of thiocarbonyl (C=S) groups is 1. The molecule has 1 aromatic heterocycles. The second-order valence-electron chi connectivity index (χ2n) is 3.52. The van der Waals surface area contributed by atoms with Crippen LogP contribution in [-0.2, 0) is 18.8 Å². The van der Waals surface area contributed by atoms with Crippen LogP contribution in [0.25, 0.3) is 0 Å². The van der Waals surface area contributed by atoms with E-state index in [1.54, 1.807) is 25.0 Å². The topological polar surface area (TPSA) is 63.3 Å². The second kappa shape index (κ2) is 9.59. The van der Waals surface area contributed by atoms with Gasteiger partial charge in [-0.3, -0.25) is 10.4 Å². The molecule has 1 heterocycles. The van der Waals surface area contributed by atoms with Crippen LogP contribution in [0.5, 0.6) is 0 Å². The third-order valence-corrected chi connectivity index (χ3v) is 2.32. The van der Waals surface area contributed by atoms with Crippen molar-refractivity contribution in [2.24, 2.45) is 10.8 Å². The van der Waals surface area contributed by atoms with Crippen molar-refractivity contribution < 1.29 is 18.8 Å². The molecular weight excluding hydrogens is 475 g/mol. The molecule has 3 N–H and O–H groups in total. The van der Waals surface area contributed by atoms with E-state index in [1.165, 1.54) is 0 Å². The van der Waals surface area contributed by atoms with Gasteiger partial charge in [0, 0.05) is 11.8 Å². The number of benzene rings is 1. The fourth-order valence-electron chi connectivity index (χ4n) is 1.48. The summed E-state index contributed by atoms with van der Waals surface area (Å²) in [5.74, 6) is 0. The summed E-state index contributed by atoms with van der Waals surface area (Å²) in [5.41, 5.74) is 10.4. The van der Waals surface area contributed by atoms with Crippen LogP contribution in [-0.4, -0.2) is 15.8 Å². The van der Waals surface area contributed by atoms with E-state index in [4.69, 9.17) is 18.0 Å². The molecule has 0 atom stereocenters. The fraction of sp³-hybridized carbons (Fsp3) is 0. The molecule has 107 valence electrons. The average Bonchev–Trinajstić information content (AvgIpc) is 2.51. The molecule has 0 aliphatic heterocycles. The number of pyridine rings is 1. The summed E-state index contributed by atoms with van der Waals surface area (Å²) in [6.45, 7) is 0. The molecule has 0 amide bonds. The van der Waals surface area contributed by atoms with Crippen molar-refractivity contribution >= 4 is 32.5 Å². The van der Waals surface area contributed by atoms with Gasteiger partial charge in [0.15, 0.2) is 5.11 Å². The summed E-state index contributed by atoms with van der Waals surface area (Å²) < 4.78 is 0. The van der Waals surface area contributed by atoms with Crippen molar-refractivity contribution in [3.63, 3.8) is 0 Å². The van der Waals surface area contributed by atoms with Crippen LogP contribution >= 0.6 is 21.6 Å². The van der Waals surface area contributed by atoms with E-state index in [1.807, 2.05) is 48.5 Å². The van der Waals surface area contributed by atoms with Crippen molar-refractivity contribution in [3.8, 4) is 0 Å². The molecular formula is C13H12ClN4PtS. The predicted molar refractivity (Wildman–Crippen MR) is 82.1 cm³/mol. The van der Waals surface area contributed by atoms with E-state index in [-0.39, 0.29) is 5.11 Å². The van der Waals surface area contributed by atoms with Crippen molar-refractivity contribution in [1.82, 2.24) is 10.4 Å². The Balaban J connectivity index is 0.000000956. The van der Waals surface area contributed by atoms with Crippen molar-refractivity contribution in [2.75, 3.05) is 0 Å². The van der Waals surface area contributed by atoms with E-state index < -0.39 is 0 Å². The zero-order valence-corrected chi connectivity index (χ0v) is 14.1. The summed E-state index contributed by atoms with van der Waals surface area (Å²) in [4.78, 5) is 4.28. The molecule has 2 rings (SSSR count). The summed E-state index contributed by atoms with van der Waals surface area (Å²) in [6, 6.07) is 15.4. The van der Waals surface area contributed by atoms with Gasteiger partial charge in [-0.15, -0.1) is 0 Å². The molecule has 0 saturated carbocycles. The molecule has 0 spiro atoms. The zero-order valence-electron chi connectivity index (χ0n) is 10.3. The number of halogens is 1. The van der Waals surface area contributed by atoms with Crippen LogP contribution in [0.3, 0.4) is 0 Å². The van der Waals surface area contributed by atoms with E-state index in [2.05, 4.69) is 24.9 Å². The molecule has 2 aromatic rings. The molecule has 1 aromatic carbocycles. The van der Waals surface area contributed by atoms with E-state index in [9.17, 15) is 0 Å². The number of rotatable bonds is 3. The van der Waals surface area contributed by atoms with E-state index in [0.717, 1.165) is 11.3 Å². The quantitative estimate of drug-likeness (QED) is 0.397. The van der Waals surface area contributed by atoms with Gasteiger partial charge in [0.2, 0.25) is 0 Å². The molecule has 4 nitrogen and oxygen atoms in total. The van der Waals surface area contributed by atoms with Crippen LogP contribution in [0.15, 0.2) is 59.8 Å². The SMILES string of the molecule is NC(=S)NN=C(c1ccccc1)c1ccccn1.[Cl][Pt]. The summed E-state index contributed by atoms with van der Waals surface area (Å²) in [5, 5.41) is 4.33. The monoisotopic (exact) mass is 486 g/mol. The van der Waals surface area contributed by atoms with Crippen molar-refractivity contribution in [2.45, 2.75) is 0 Å². The Kier molecular flexibility index (Phi) is 8.03. The first-order valence-corrected chi connectivity index (χ1v) is 8.71. The van der Waals surface area contributed by atoms with Gasteiger partial charge in [-0.05, 0) is 24.4 Å². The maximum absolute atomic E-state index is 5.39. The Labute approximate surface area is 138 Å². The number of nitrogens with zero attached hydrogens (tertiary/aromatic N) is 2. The molecule has 0 fully saturated rings.